The first-order valence-corrected chi connectivity index (χ1v) is 10.7. The number of nitrogens with one attached hydrogen (secondary N) is 1. The van der Waals surface area contributed by atoms with E-state index < -0.39 is 17.9 Å². The van der Waals surface area contributed by atoms with Crippen LogP contribution < -0.4 is 5.32 Å². The zero-order chi connectivity index (χ0) is 18.8. The first kappa shape index (κ1) is 19.2. The zero-order valence-corrected chi connectivity index (χ0v) is 16.4. The summed E-state index contributed by atoms with van der Waals surface area (Å²) in [4.78, 5) is 43.0. The van der Waals surface area contributed by atoms with E-state index in [-0.39, 0.29) is 27.8 Å². The minimum absolute atomic E-state index is 0.145. The van der Waals surface area contributed by atoms with Crippen molar-refractivity contribution in [3.05, 3.63) is 22.1 Å². The maximum absolute atomic E-state index is 12.6. The molecule has 3 atom stereocenters. The van der Waals surface area contributed by atoms with Gasteiger partial charge in [0.25, 0.3) is 11.8 Å². The predicted octanol–water partition coefficient (Wildman–Crippen LogP) is 1.07. The third-order valence-corrected chi connectivity index (χ3v) is 7.67. The summed E-state index contributed by atoms with van der Waals surface area (Å²) in [5.74, 6) is -0.0372. The number of thioether (sulfide) groups is 3. The van der Waals surface area contributed by atoms with Gasteiger partial charge in [0.15, 0.2) is 5.71 Å². The molecule has 0 aromatic carbocycles. The Bertz CT molecular complexity index is 736. The van der Waals surface area contributed by atoms with E-state index in [1.807, 2.05) is 5.41 Å². The molecule has 0 aliphatic carbocycles. The van der Waals surface area contributed by atoms with E-state index in [0.29, 0.717) is 4.91 Å². The largest absolute Gasteiger partial charge is 0.478 e. The van der Waals surface area contributed by atoms with Crippen LogP contribution in [-0.2, 0) is 19.2 Å². The molecule has 2 unspecified atom stereocenters. The van der Waals surface area contributed by atoms with Crippen LogP contribution in [0.15, 0.2) is 27.2 Å². The number of carboxylic acids is 1. The maximum Gasteiger partial charge on any atom is 0.334 e. The number of carbonyl (C=O) groups is 3. The van der Waals surface area contributed by atoms with Crippen molar-refractivity contribution in [2.24, 2.45) is 5.16 Å². The molecule has 3 aliphatic heterocycles. The van der Waals surface area contributed by atoms with Crippen LogP contribution in [0.2, 0.25) is 0 Å². The third-order valence-electron chi connectivity index (χ3n) is 3.95. The Morgan fingerprint density at radius 1 is 1.42 bits per heavy atom. The summed E-state index contributed by atoms with van der Waals surface area (Å²) in [6.45, 7) is 1.77. The number of nitrogens with zero attached hydrogens (tertiary/aromatic N) is 2. The molecule has 1 saturated heterocycles. The molecule has 0 saturated carbocycles. The fourth-order valence-corrected chi connectivity index (χ4v) is 6.08. The molecule has 0 aromatic heterocycles. The predicted molar refractivity (Wildman–Crippen MR) is 103 cm³/mol. The van der Waals surface area contributed by atoms with Gasteiger partial charge in [-0.25, -0.2) is 4.79 Å². The van der Waals surface area contributed by atoms with Gasteiger partial charge in [-0.05, 0) is 12.3 Å². The Morgan fingerprint density at radius 2 is 2.19 bits per heavy atom. The van der Waals surface area contributed by atoms with E-state index in [1.54, 1.807) is 18.7 Å². The average molecular weight is 416 g/mol. The van der Waals surface area contributed by atoms with Gasteiger partial charge in [0, 0.05) is 27.9 Å². The van der Waals surface area contributed by atoms with Crippen molar-refractivity contribution in [2.45, 2.75) is 23.6 Å². The number of hydrogen-bond donors (Lipinski definition) is 2. The number of aliphatic carboxylic acids is 1. The second-order valence-corrected chi connectivity index (χ2v) is 9.16. The number of fused-ring (bicyclic) bond motifs is 1. The Labute approximate surface area is 162 Å². The molecule has 140 valence electrons. The molecule has 11 heteroatoms. The molecular formula is C15H17N3O5S3. The van der Waals surface area contributed by atoms with Crippen LogP contribution in [0.4, 0.5) is 0 Å². The lowest BCUT2D eigenvalue weighted by Gasteiger charge is -2.48. The Balaban J connectivity index is 1.72. The van der Waals surface area contributed by atoms with Gasteiger partial charge in [-0.1, -0.05) is 5.16 Å². The van der Waals surface area contributed by atoms with Gasteiger partial charge >= 0.3 is 5.97 Å². The highest BCUT2D eigenvalue weighted by atomic mass is 32.2. The monoisotopic (exact) mass is 415 g/mol. The van der Waals surface area contributed by atoms with Crippen LogP contribution in [0.5, 0.6) is 0 Å². The molecule has 0 bridgehead atoms. The number of carboxylic acid groups (broad SMARTS) is 1. The van der Waals surface area contributed by atoms with Gasteiger partial charge in [-0.3, -0.25) is 9.59 Å². The van der Waals surface area contributed by atoms with Crippen LogP contribution in [0, 0.1) is 0 Å². The summed E-state index contributed by atoms with van der Waals surface area (Å²) < 4.78 is 0. The van der Waals surface area contributed by atoms with Gasteiger partial charge < -0.3 is 20.2 Å². The molecule has 1 fully saturated rings. The summed E-state index contributed by atoms with van der Waals surface area (Å²) in [7, 11) is 1.36. The van der Waals surface area contributed by atoms with Crippen LogP contribution >= 0.6 is 35.3 Å². The van der Waals surface area contributed by atoms with Crippen molar-refractivity contribution in [1.82, 2.24) is 10.2 Å². The Morgan fingerprint density at radius 3 is 2.81 bits per heavy atom. The van der Waals surface area contributed by atoms with E-state index in [4.69, 9.17) is 4.84 Å². The highest BCUT2D eigenvalue weighted by Crippen LogP contribution is 2.40. The Hall–Kier alpha value is -1.59. The van der Waals surface area contributed by atoms with Crippen molar-refractivity contribution in [3.8, 4) is 0 Å². The first-order chi connectivity index (χ1) is 12.4. The number of amides is 2. The molecule has 2 N–H and O–H groups in total. The highest BCUT2D eigenvalue weighted by Gasteiger charge is 2.51. The van der Waals surface area contributed by atoms with Crippen molar-refractivity contribution in [3.63, 3.8) is 0 Å². The standard InChI is InChI=1S/C15H17N3O5S3/c1-7-8(15(21)22)5-18-13(20)11(14(18)26-7)16-12(19)10(17-23-2)9-6-24-3-4-25-9/h5-7,11,14H,3-4H2,1-2H3,(H,16,19)(H,21,22)/t7?,11?,14-/m1/s1. The SMILES string of the molecule is CON=C(C(=O)NC1C(=O)N2C=C(C(=O)O)C(C)S[C@H]12)C1=CSCCS1. The minimum Gasteiger partial charge on any atom is -0.478 e. The van der Waals surface area contributed by atoms with Gasteiger partial charge in [-0.2, -0.15) is 0 Å². The lowest BCUT2D eigenvalue weighted by molar-refractivity contribution is -0.144. The fourth-order valence-electron chi connectivity index (χ4n) is 2.66. The van der Waals surface area contributed by atoms with E-state index in [0.717, 1.165) is 11.5 Å². The molecule has 26 heavy (non-hydrogen) atoms. The van der Waals surface area contributed by atoms with E-state index in [9.17, 15) is 19.5 Å². The summed E-state index contributed by atoms with van der Waals surface area (Å²) in [5, 5.41) is 17.0. The molecule has 3 aliphatic rings. The van der Waals surface area contributed by atoms with E-state index >= 15 is 0 Å². The van der Waals surface area contributed by atoms with E-state index in [2.05, 4.69) is 10.5 Å². The lowest BCUT2D eigenvalue weighted by atomic mass is 10.1. The number of β-lactam (4-membered cyclic amide) rings is 1. The number of hydrogen-bond acceptors (Lipinski definition) is 8. The third kappa shape index (κ3) is 3.60. The van der Waals surface area contributed by atoms with Gasteiger partial charge in [0.1, 0.15) is 18.5 Å². The van der Waals surface area contributed by atoms with Crippen molar-refractivity contribution < 1.29 is 24.3 Å². The molecule has 3 rings (SSSR count). The number of oxime groups is 1. The van der Waals surface area contributed by atoms with Crippen LogP contribution in [0.1, 0.15) is 6.92 Å². The average Bonchev–Trinajstić information content (AvgIpc) is 2.64. The topological polar surface area (TPSA) is 108 Å². The van der Waals surface area contributed by atoms with Crippen LogP contribution in [-0.4, -0.2) is 68.8 Å². The zero-order valence-electron chi connectivity index (χ0n) is 14.0. The van der Waals surface area contributed by atoms with Crippen molar-refractivity contribution >= 4 is 58.8 Å². The second-order valence-electron chi connectivity index (χ2n) is 5.58. The molecule has 0 spiro atoms. The van der Waals surface area contributed by atoms with Gasteiger partial charge in [0.05, 0.1) is 5.57 Å². The molecule has 2 amide bonds. The summed E-state index contributed by atoms with van der Waals surface area (Å²) >= 11 is 4.44. The van der Waals surface area contributed by atoms with Crippen molar-refractivity contribution in [2.75, 3.05) is 18.6 Å². The lowest BCUT2D eigenvalue weighted by Crippen LogP contribution is -2.69. The highest BCUT2D eigenvalue weighted by molar-refractivity contribution is 8.10. The smallest absolute Gasteiger partial charge is 0.334 e. The quantitative estimate of drug-likeness (QED) is 0.390. The number of carbonyl (C=O) groups excluding carboxylic acids is 2. The summed E-state index contributed by atoms with van der Waals surface area (Å²) in [6, 6.07) is -0.717. The van der Waals surface area contributed by atoms with Gasteiger partial charge in [0.2, 0.25) is 0 Å². The van der Waals surface area contributed by atoms with Gasteiger partial charge in [-0.15, -0.1) is 35.3 Å². The summed E-state index contributed by atoms with van der Waals surface area (Å²) in [6.07, 6.45) is 1.36. The minimum atomic E-state index is -1.04. The molecule has 3 heterocycles. The summed E-state index contributed by atoms with van der Waals surface area (Å²) in [5.41, 5.74) is 0.318. The Kier molecular flexibility index (Phi) is 5.88. The maximum atomic E-state index is 12.6. The molecular weight excluding hydrogens is 398 g/mol. The fraction of sp³-hybridized carbons (Fsp3) is 0.467. The van der Waals surface area contributed by atoms with Crippen molar-refractivity contribution in [1.29, 1.82) is 0 Å². The van der Waals surface area contributed by atoms with Crippen LogP contribution in [0.25, 0.3) is 0 Å². The second kappa shape index (κ2) is 7.97. The number of rotatable bonds is 5. The first-order valence-electron chi connectivity index (χ1n) is 7.73. The van der Waals surface area contributed by atoms with Crippen LogP contribution in [0.3, 0.4) is 0 Å². The molecule has 8 nitrogen and oxygen atoms in total. The molecule has 0 radical (unpaired) electrons. The normalized spacial score (nSPS) is 28.4. The molecule has 0 aromatic rings. The van der Waals surface area contributed by atoms with E-state index in [1.165, 1.54) is 41.7 Å².